The van der Waals surface area contributed by atoms with Crippen molar-refractivity contribution in [1.82, 2.24) is 14.8 Å². The molecule has 2 N–H and O–H groups in total. The summed E-state index contributed by atoms with van der Waals surface area (Å²) in [6, 6.07) is 4.57. The van der Waals surface area contributed by atoms with Crippen LogP contribution >= 0.6 is 0 Å². The molecule has 0 bridgehead atoms. The summed E-state index contributed by atoms with van der Waals surface area (Å²) in [5.41, 5.74) is 1.66. The third-order valence-electron chi connectivity index (χ3n) is 5.67. The maximum atomic E-state index is 13.6. The molecule has 1 saturated heterocycles. The maximum Gasteiger partial charge on any atom is 0.355 e. The van der Waals surface area contributed by atoms with E-state index in [4.69, 9.17) is 4.74 Å². The summed E-state index contributed by atoms with van der Waals surface area (Å²) in [4.78, 5) is 44.5. The summed E-state index contributed by atoms with van der Waals surface area (Å²) in [5.74, 6) is -3.02. The fourth-order valence-corrected chi connectivity index (χ4v) is 4.06. The van der Waals surface area contributed by atoms with Crippen LogP contribution in [0, 0.1) is 19.7 Å². The van der Waals surface area contributed by atoms with Gasteiger partial charge in [0.05, 0.1) is 18.2 Å². The molecule has 0 radical (unpaired) electrons. The normalized spacial score (nSPS) is 17.8. The lowest BCUT2D eigenvalue weighted by molar-refractivity contribution is -0.140. The highest BCUT2D eigenvalue weighted by Crippen LogP contribution is 2.40. The average Bonchev–Trinajstić information content (AvgIpc) is 3.19. The van der Waals surface area contributed by atoms with E-state index in [-0.39, 0.29) is 30.0 Å². The van der Waals surface area contributed by atoms with Crippen LogP contribution < -0.4 is 0 Å². The van der Waals surface area contributed by atoms with Crippen LogP contribution in [0.4, 0.5) is 4.39 Å². The van der Waals surface area contributed by atoms with Crippen LogP contribution in [0.25, 0.3) is 5.76 Å². The minimum atomic E-state index is -0.898. The summed E-state index contributed by atoms with van der Waals surface area (Å²) < 4.78 is 18.6. The number of hydrogen-bond acceptors (Lipinski definition) is 6. The van der Waals surface area contributed by atoms with Crippen molar-refractivity contribution < 1.29 is 28.6 Å². The Bertz CT molecular complexity index is 1120. The van der Waals surface area contributed by atoms with Gasteiger partial charge in [0.2, 0.25) is 0 Å². The fourth-order valence-electron chi connectivity index (χ4n) is 4.06. The first-order valence-corrected chi connectivity index (χ1v) is 10.6. The van der Waals surface area contributed by atoms with Crippen LogP contribution in [0.15, 0.2) is 29.8 Å². The average molecular weight is 458 g/mol. The number of H-pyrrole nitrogens is 1. The van der Waals surface area contributed by atoms with Gasteiger partial charge in [0.25, 0.3) is 11.7 Å². The topological polar surface area (TPSA) is 103 Å². The fraction of sp³-hybridized carbons (Fsp3) is 0.375. The zero-order chi connectivity index (χ0) is 24.4. The van der Waals surface area contributed by atoms with Gasteiger partial charge in [-0.3, -0.25) is 9.59 Å². The number of ketones is 1. The summed E-state index contributed by atoms with van der Waals surface area (Å²) in [7, 11) is 3.68. The number of benzene rings is 1. The molecule has 1 aromatic heterocycles. The van der Waals surface area contributed by atoms with Crippen molar-refractivity contribution in [2.45, 2.75) is 26.8 Å². The molecular formula is C24H28FN3O5. The van der Waals surface area contributed by atoms with Crippen LogP contribution in [0.5, 0.6) is 0 Å². The van der Waals surface area contributed by atoms with Gasteiger partial charge in [0.15, 0.2) is 0 Å². The number of aliphatic hydroxyl groups excluding tert-OH is 1. The van der Waals surface area contributed by atoms with E-state index < -0.39 is 35.3 Å². The minimum Gasteiger partial charge on any atom is -0.507 e. The summed E-state index contributed by atoms with van der Waals surface area (Å²) in [6.07, 6.45) is 0. The zero-order valence-corrected chi connectivity index (χ0v) is 19.4. The Morgan fingerprint density at radius 3 is 2.42 bits per heavy atom. The van der Waals surface area contributed by atoms with E-state index in [9.17, 15) is 23.9 Å². The maximum absolute atomic E-state index is 13.6. The van der Waals surface area contributed by atoms with Gasteiger partial charge in [-0.1, -0.05) is 12.1 Å². The van der Waals surface area contributed by atoms with Crippen molar-refractivity contribution in [2.75, 3.05) is 33.8 Å². The number of aryl methyl sites for hydroxylation is 1. The molecule has 0 aliphatic carbocycles. The SMILES string of the molecule is CCOC(=O)c1[nH]c(C)c(/C(O)=C2\C(=O)C(=O)N(CCN(C)C)[C@@H]2c2ccc(F)cc2)c1C. The monoisotopic (exact) mass is 457 g/mol. The number of esters is 1. The van der Waals surface area contributed by atoms with Gasteiger partial charge < -0.3 is 24.6 Å². The van der Waals surface area contributed by atoms with E-state index in [0.29, 0.717) is 23.4 Å². The number of aliphatic hydroxyl groups is 1. The van der Waals surface area contributed by atoms with Crippen molar-refractivity contribution in [3.63, 3.8) is 0 Å². The number of amides is 1. The molecule has 33 heavy (non-hydrogen) atoms. The van der Waals surface area contributed by atoms with E-state index in [2.05, 4.69) is 4.98 Å². The number of halogens is 1. The van der Waals surface area contributed by atoms with Gasteiger partial charge >= 0.3 is 5.97 Å². The Morgan fingerprint density at radius 1 is 1.21 bits per heavy atom. The lowest BCUT2D eigenvalue weighted by Gasteiger charge is -2.26. The predicted molar refractivity (Wildman–Crippen MR) is 120 cm³/mol. The molecule has 0 spiro atoms. The van der Waals surface area contributed by atoms with Gasteiger partial charge in [-0.05, 0) is 58.1 Å². The lowest BCUT2D eigenvalue weighted by atomic mass is 9.94. The van der Waals surface area contributed by atoms with Crippen molar-refractivity contribution >= 4 is 23.4 Å². The van der Waals surface area contributed by atoms with E-state index in [1.807, 2.05) is 19.0 Å². The Kier molecular flexibility index (Phi) is 7.02. The van der Waals surface area contributed by atoms with Crippen LogP contribution in [-0.2, 0) is 14.3 Å². The molecule has 1 aliphatic rings. The number of aromatic nitrogens is 1. The number of rotatable bonds is 7. The van der Waals surface area contributed by atoms with Crippen LogP contribution in [0.1, 0.15) is 45.8 Å². The number of hydrogen-bond donors (Lipinski definition) is 2. The Balaban J connectivity index is 2.19. The Hall–Kier alpha value is -3.46. The predicted octanol–water partition coefficient (Wildman–Crippen LogP) is 2.93. The van der Waals surface area contributed by atoms with E-state index in [1.54, 1.807) is 20.8 Å². The van der Waals surface area contributed by atoms with Gasteiger partial charge in [-0.2, -0.15) is 0 Å². The molecule has 3 rings (SSSR count). The number of likely N-dealkylation sites (N-methyl/N-ethyl adjacent to an activating group) is 1. The molecule has 1 fully saturated rings. The molecule has 1 amide bonds. The first-order chi connectivity index (χ1) is 15.6. The number of nitrogens with zero attached hydrogens (tertiary/aromatic N) is 2. The number of carbonyl (C=O) groups excluding carboxylic acids is 3. The van der Waals surface area contributed by atoms with Crippen LogP contribution in [0.3, 0.4) is 0 Å². The number of likely N-dealkylation sites (tertiary alicyclic amines) is 1. The van der Waals surface area contributed by atoms with Crippen molar-refractivity contribution in [3.8, 4) is 0 Å². The molecule has 2 aromatic rings. The largest absolute Gasteiger partial charge is 0.507 e. The molecule has 1 aromatic carbocycles. The third-order valence-corrected chi connectivity index (χ3v) is 5.67. The Labute approximate surface area is 191 Å². The molecule has 9 heteroatoms. The minimum absolute atomic E-state index is 0.106. The van der Waals surface area contributed by atoms with Crippen LogP contribution in [-0.4, -0.2) is 71.3 Å². The van der Waals surface area contributed by atoms with Gasteiger partial charge in [-0.25, -0.2) is 9.18 Å². The number of aromatic amines is 1. The van der Waals surface area contributed by atoms with E-state index in [1.165, 1.54) is 29.2 Å². The highest BCUT2D eigenvalue weighted by molar-refractivity contribution is 6.46. The number of nitrogens with one attached hydrogen (secondary N) is 1. The first-order valence-electron chi connectivity index (χ1n) is 10.6. The highest BCUT2D eigenvalue weighted by Gasteiger charge is 2.46. The molecule has 8 nitrogen and oxygen atoms in total. The molecular weight excluding hydrogens is 429 g/mol. The standard InChI is InChI=1S/C24H28FN3O5/c1-6-33-24(32)19-13(2)17(14(3)26-19)21(29)18-20(15-7-9-16(25)10-8-15)28(12-11-27(4)5)23(31)22(18)30/h7-10,20,26,29H,6,11-12H2,1-5H3/b21-18+/t20-/m1/s1. The molecule has 0 saturated carbocycles. The highest BCUT2D eigenvalue weighted by atomic mass is 19.1. The van der Waals surface area contributed by atoms with E-state index >= 15 is 0 Å². The second-order valence-corrected chi connectivity index (χ2v) is 8.19. The number of Topliss-reactive ketones (excluding diaryl/α,β-unsaturated/α-hetero) is 1. The van der Waals surface area contributed by atoms with Crippen molar-refractivity contribution in [2.24, 2.45) is 0 Å². The summed E-state index contributed by atoms with van der Waals surface area (Å²) in [5, 5.41) is 11.3. The van der Waals surface area contributed by atoms with E-state index in [0.717, 1.165) is 0 Å². The molecule has 2 heterocycles. The van der Waals surface area contributed by atoms with Gasteiger partial charge in [0.1, 0.15) is 17.3 Å². The van der Waals surface area contributed by atoms with Gasteiger partial charge in [-0.15, -0.1) is 0 Å². The van der Waals surface area contributed by atoms with Crippen LogP contribution in [0.2, 0.25) is 0 Å². The summed E-state index contributed by atoms with van der Waals surface area (Å²) >= 11 is 0. The molecule has 1 aliphatic heterocycles. The zero-order valence-electron chi connectivity index (χ0n) is 19.4. The smallest absolute Gasteiger partial charge is 0.355 e. The second-order valence-electron chi connectivity index (χ2n) is 8.19. The lowest BCUT2D eigenvalue weighted by Crippen LogP contribution is -2.35. The summed E-state index contributed by atoms with van der Waals surface area (Å²) in [6.45, 7) is 5.86. The number of ether oxygens (including phenoxy) is 1. The second kappa shape index (κ2) is 9.58. The number of carbonyl (C=O) groups is 3. The quantitative estimate of drug-likeness (QED) is 0.287. The Morgan fingerprint density at radius 2 is 1.85 bits per heavy atom. The third kappa shape index (κ3) is 4.54. The first kappa shape index (κ1) is 24.2. The van der Waals surface area contributed by atoms with Crippen molar-refractivity contribution in [3.05, 3.63) is 63.7 Å². The molecule has 0 unspecified atom stereocenters. The molecule has 176 valence electrons. The molecule has 1 atom stereocenters. The van der Waals surface area contributed by atoms with Crippen molar-refractivity contribution in [1.29, 1.82) is 0 Å². The van der Waals surface area contributed by atoms with Gasteiger partial charge in [0, 0.05) is 24.3 Å².